The lowest BCUT2D eigenvalue weighted by Gasteiger charge is -2.29. The first-order chi connectivity index (χ1) is 10.1. The van der Waals surface area contributed by atoms with Crippen molar-refractivity contribution in [1.29, 1.82) is 0 Å². The lowest BCUT2D eigenvalue weighted by Crippen LogP contribution is -2.38. The molecule has 0 saturated carbocycles. The Morgan fingerprint density at radius 1 is 1.14 bits per heavy atom. The molecule has 0 heterocycles. The largest absolute Gasteiger partial charge is 0.291 e. The Hall–Kier alpha value is -1.01. The van der Waals surface area contributed by atoms with E-state index in [1.165, 1.54) is 26.0 Å². The fourth-order valence-corrected chi connectivity index (χ4v) is 3.91. The van der Waals surface area contributed by atoms with E-state index in [4.69, 9.17) is 34.8 Å². The van der Waals surface area contributed by atoms with Crippen molar-refractivity contribution in [2.24, 2.45) is 0 Å². The highest BCUT2D eigenvalue weighted by Gasteiger charge is 2.43. The molecule has 0 aliphatic heterocycles. The molecule has 0 aromatic heterocycles. The number of hydrogen-bond acceptors (Lipinski definition) is 3. The van der Waals surface area contributed by atoms with Crippen LogP contribution in [0.3, 0.4) is 0 Å². The van der Waals surface area contributed by atoms with E-state index in [9.17, 15) is 13.2 Å². The fraction of sp³-hybridized carbons (Fsp3) is 0.214. The van der Waals surface area contributed by atoms with E-state index in [1.54, 1.807) is 18.2 Å². The van der Waals surface area contributed by atoms with Gasteiger partial charge in [-0.2, -0.15) is 0 Å². The SMILES string of the molecule is CC1=C(Cl)C(=O)C(C)(Cl)C(Cl)=C1NS(=O)(=O)c1ccccc1. The number of nitrogens with one attached hydrogen (secondary N) is 1. The Bertz CT molecular complexity index is 796. The number of rotatable bonds is 3. The number of sulfonamides is 1. The first-order valence-electron chi connectivity index (χ1n) is 6.17. The summed E-state index contributed by atoms with van der Waals surface area (Å²) in [5.74, 6) is -0.569. The zero-order valence-electron chi connectivity index (χ0n) is 11.7. The molecule has 1 atom stereocenters. The third kappa shape index (κ3) is 2.91. The first kappa shape index (κ1) is 17.3. The van der Waals surface area contributed by atoms with Crippen LogP contribution in [0.25, 0.3) is 0 Å². The Labute approximate surface area is 143 Å². The number of alkyl halides is 1. The van der Waals surface area contributed by atoms with Gasteiger partial charge in [-0.25, -0.2) is 8.42 Å². The second-order valence-electron chi connectivity index (χ2n) is 4.88. The number of benzene rings is 1. The van der Waals surface area contributed by atoms with E-state index in [1.807, 2.05) is 0 Å². The van der Waals surface area contributed by atoms with Crippen LogP contribution in [0.2, 0.25) is 0 Å². The second-order valence-corrected chi connectivity index (χ2v) is 8.07. The van der Waals surface area contributed by atoms with E-state index in [0.29, 0.717) is 0 Å². The van der Waals surface area contributed by atoms with Gasteiger partial charge in [0.05, 0.1) is 20.7 Å². The van der Waals surface area contributed by atoms with Crippen LogP contribution >= 0.6 is 34.8 Å². The summed E-state index contributed by atoms with van der Waals surface area (Å²) in [5, 5.41) is -0.256. The van der Waals surface area contributed by atoms with Crippen LogP contribution in [0.15, 0.2) is 56.6 Å². The van der Waals surface area contributed by atoms with Gasteiger partial charge in [0, 0.05) is 0 Å². The molecular formula is C14H12Cl3NO3S. The summed E-state index contributed by atoms with van der Waals surface area (Å²) in [6.07, 6.45) is 0. The summed E-state index contributed by atoms with van der Waals surface area (Å²) >= 11 is 18.2. The van der Waals surface area contributed by atoms with E-state index in [-0.39, 0.29) is 26.2 Å². The Morgan fingerprint density at radius 3 is 2.23 bits per heavy atom. The average molecular weight is 381 g/mol. The van der Waals surface area contributed by atoms with Gasteiger partial charge < -0.3 is 0 Å². The first-order valence-corrected chi connectivity index (χ1v) is 8.79. The molecule has 22 heavy (non-hydrogen) atoms. The van der Waals surface area contributed by atoms with E-state index in [2.05, 4.69) is 4.72 Å². The summed E-state index contributed by atoms with van der Waals surface area (Å²) < 4.78 is 27.1. The van der Waals surface area contributed by atoms with Gasteiger partial charge in [0.25, 0.3) is 10.0 Å². The second kappa shape index (κ2) is 5.89. The van der Waals surface area contributed by atoms with Crippen LogP contribution in [0.1, 0.15) is 13.8 Å². The quantitative estimate of drug-likeness (QED) is 0.816. The molecule has 2 rings (SSSR count). The highest BCUT2D eigenvalue weighted by Crippen LogP contribution is 2.41. The van der Waals surface area contributed by atoms with E-state index in [0.717, 1.165) is 0 Å². The molecule has 0 fully saturated rings. The highest BCUT2D eigenvalue weighted by atomic mass is 35.5. The molecule has 118 valence electrons. The van der Waals surface area contributed by atoms with Crippen molar-refractivity contribution >= 4 is 50.6 Å². The van der Waals surface area contributed by atoms with Gasteiger partial charge in [0.1, 0.15) is 4.87 Å². The van der Waals surface area contributed by atoms with Crippen LogP contribution < -0.4 is 4.72 Å². The lowest BCUT2D eigenvalue weighted by molar-refractivity contribution is -0.116. The minimum atomic E-state index is -3.87. The van der Waals surface area contributed by atoms with Gasteiger partial charge in [-0.1, -0.05) is 41.4 Å². The van der Waals surface area contributed by atoms with Crippen LogP contribution in [0, 0.1) is 0 Å². The predicted molar refractivity (Wildman–Crippen MR) is 87.5 cm³/mol. The Balaban J connectivity index is 2.53. The number of allylic oxidation sites excluding steroid dienone is 3. The van der Waals surface area contributed by atoms with Gasteiger partial charge in [-0.15, -0.1) is 11.6 Å². The maximum atomic E-state index is 12.4. The zero-order valence-corrected chi connectivity index (χ0v) is 14.7. The molecule has 0 bridgehead atoms. The van der Waals surface area contributed by atoms with Crippen LogP contribution in [-0.4, -0.2) is 19.1 Å². The molecular weight excluding hydrogens is 369 g/mol. The van der Waals surface area contributed by atoms with Crippen molar-refractivity contribution in [3.05, 3.63) is 51.7 Å². The zero-order chi connectivity index (χ0) is 16.7. The molecule has 1 aromatic rings. The molecule has 4 nitrogen and oxygen atoms in total. The molecule has 0 saturated heterocycles. The predicted octanol–water partition coefficient (Wildman–Crippen LogP) is 3.51. The minimum Gasteiger partial charge on any atom is -0.291 e. The van der Waals surface area contributed by atoms with Crippen molar-refractivity contribution < 1.29 is 13.2 Å². The molecule has 1 aliphatic carbocycles. The standard InChI is InChI=1S/C14H12Cl3NO3S/c1-8-10(15)13(19)14(2,17)12(16)11(8)18-22(20,21)9-6-4-3-5-7-9/h3-7,18H,1-2H3. The van der Waals surface area contributed by atoms with Crippen LogP contribution in [0.4, 0.5) is 0 Å². The molecule has 1 aliphatic rings. The van der Waals surface area contributed by atoms with Gasteiger partial charge >= 0.3 is 0 Å². The number of carbonyl (C=O) groups excluding carboxylic acids is 1. The maximum absolute atomic E-state index is 12.4. The van der Waals surface area contributed by atoms with Crippen molar-refractivity contribution in [3.8, 4) is 0 Å². The molecule has 8 heteroatoms. The number of halogens is 3. The van der Waals surface area contributed by atoms with Crippen LogP contribution in [0.5, 0.6) is 0 Å². The molecule has 0 radical (unpaired) electrons. The maximum Gasteiger partial charge on any atom is 0.261 e. The topological polar surface area (TPSA) is 63.2 Å². The third-order valence-corrected chi connectivity index (χ3v) is 6.10. The number of Topliss-reactive ketones (excluding diaryl/α,β-unsaturated/α-hetero) is 1. The summed E-state index contributed by atoms with van der Waals surface area (Å²) in [7, 11) is -3.87. The summed E-state index contributed by atoms with van der Waals surface area (Å²) in [4.78, 5) is 10.5. The average Bonchev–Trinajstić information content (AvgIpc) is 2.49. The molecule has 0 amide bonds. The highest BCUT2D eigenvalue weighted by molar-refractivity contribution is 7.89. The van der Waals surface area contributed by atoms with Crippen molar-refractivity contribution in [3.63, 3.8) is 0 Å². The van der Waals surface area contributed by atoms with E-state index >= 15 is 0 Å². The summed E-state index contributed by atoms with van der Waals surface area (Å²) in [5.41, 5.74) is 0.252. The van der Waals surface area contributed by atoms with Gasteiger partial charge in [0.2, 0.25) is 5.78 Å². The Morgan fingerprint density at radius 2 is 1.68 bits per heavy atom. The number of hydrogen-bond donors (Lipinski definition) is 1. The smallest absolute Gasteiger partial charge is 0.261 e. The number of ketones is 1. The monoisotopic (exact) mass is 379 g/mol. The third-order valence-electron chi connectivity index (χ3n) is 3.25. The normalized spacial score (nSPS) is 23.0. The fourth-order valence-electron chi connectivity index (χ4n) is 1.90. The summed E-state index contributed by atoms with van der Waals surface area (Å²) in [6.45, 7) is 2.86. The summed E-state index contributed by atoms with van der Waals surface area (Å²) in [6, 6.07) is 7.76. The molecule has 1 aromatic carbocycles. The number of carbonyl (C=O) groups is 1. The lowest BCUT2D eigenvalue weighted by atomic mass is 9.94. The van der Waals surface area contributed by atoms with Gasteiger partial charge in [0.15, 0.2) is 0 Å². The van der Waals surface area contributed by atoms with Crippen LogP contribution in [-0.2, 0) is 14.8 Å². The van der Waals surface area contributed by atoms with Crippen molar-refractivity contribution in [2.75, 3.05) is 0 Å². The minimum absolute atomic E-state index is 0.0209. The Kier molecular flexibility index (Phi) is 4.64. The van der Waals surface area contributed by atoms with Gasteiger partial charge in [-0.05, 0) is 31.6 Å². The van der Waals surface area contributed by atoms with Crippen molar-refractivity contribution in [2.45, 2.75) is 23.6 Å². The van der Waals surface area contributed by atoms with Crippen molar-refractivity contribution in [1.82, 2.24) is 4.72 Å². The van der Waals surface area contributed by atoms with Gasteiger partial charge in [-0.3, -0.25) is 9.52 Å². The molecule has 1 N–H and O–H groups in total. The molecule has 0 spiro atoms. The van der Waals surface area contributed by atoms with E-state index < -0.39 is 20.7 Å². The molecule has 1 unspecified atom stereocenters.